The Morgan fingerprint density at radius 3 is 2.81 bits per heavy atom. The largest absolute Gasteiger partial charge is 0.486 e. The molecular formula is C24H24ClN5O2. The highest BCUT2D eigenvalue weighted by molar-refractivity contribution is 6.31. The van der Waals surface area contributed by atoms with Crippen molar-refractivity contribution >= 4 is 28.4 Å². The van der Waals surface area contributed by atoms with Crippen molar-refractivity contribution in [2.24, 2.45) is 7.05 Å². The Morgan fingerprint density at radius 2 is 2.06 bits per heavy atom. The molecule has 8 heteroatoms. The van der Waals surface area contributed by atoms with Crippen LogP contribution in [0.25, 0.3) is 22.2 Å². The first-order valence-corrected chi connectivity index (χ1v) is 10.8. The first-order valence-electron chi connectivity index (χ1n) is 10.4. The summed E-state index contributed by atoms with van der Waals surface area (Å²) < 4.78 is 8.04. The summed E-state index contributed by atoms with van der Waals surface area (Å²) in [7, 11) is 1.92. The molecular weight excluding hydrogens is 426 g/mol. The fourth-order valence-electron chi connectivity index (χ4n) is 3.59. The van der Waals surface area contributed by atoms with Crippen molar-refractivity contribution in [1.29, 1.82) is 0 Å². The van der Waals surface area contributed by atoms with Gasteiger partial charge in [-0.05, 0) is 31.2 Å². The molecule has 32 heavy (non-hydrogen) atoms. The number of fused-ring (bicyclic) bond motifs is 1. The molecule has 0 unspecified atom stereocenters. The number of aryl methyl sites for hydroxylation is 2. The van der Waals surface area contributed by atoms with Gasteiger partial charge < -0.3 is 10.1 Å². The minimum atomic E-state index is -0.0462. The standard InChI is InChI=1S/C24H24ClN5O2/c1-4-23(31)27-13-20-18(19(25)8-10-26-20)14-32-22-7-5-6-16-17(12-15(2)29-24(16)22)21-9-11-28-30(21)3/h5-12H,4,13-14H2,1-3H3,(H,27,31). The first-order chi connectivity index (χ1) is 15.5. The van der Waals surface area contributed by atoms with Gasteiger partial charge in [-0.2, -0.15) is 5.10 Å². The van der Waals surface area contributed by atoms with Gasteiger partial charge in [-0.1, -0.05) is 30.7 Å². The second-order valence-corrected chi connectivity index (χ2v) is 7.85. The normalized spacial score (nSPS) is 11.0. The van der Waals surface area contributed by atoms with Crippen LogP contribution in [0, 0.1) is 6.92 Å². The van der Waals surface area contributed by atoms with E-state index in [2.05, 4.69) is 21.5 Å². The molecule has 0 fully saturated rings. The lowest BCUT2D eigenvalue weighted by molar-refractivity contribution is -0.120. The van der Waals surface area contributed by atoms with Gasteiger partial charge in [0.2, 0.25) is 5.91 Å². The second kappa shape index (κ2) is 9.36. The molecule has 0 atom stereocenters. The van der Waals surface area contributed by atoms with Gasteiger partial charge in [0.05, 0.1) is 23.0 Å². The highest BCUT2D eigenvalue weighted by atomic mass is 35.5. The molecule has 0 aliphatic carbocycles. The minimum absolute atomic E-state index is 0.0462. The number of ether oxygens (including phenoxy) is 1. The van der Waals surface area contributed by atoms with Crippen LogP contribution >= 0.6 is 11.6 Å². The summed E-state index contributed by atoms with van der Waals surface area (Å²) in [5.74, 6) is 0.605. The highest BCUT2D eigenvalue weighted by Crippen LogP contribution is 2.33. The number of halogens is 1. The third-order valence-corrected chi connectivity index (χ3v) is 5.62. The van der Waals surface area contributed by atoms with E-state index in [1.54, 1.807) is 25.4 Å². The van der Waals surface area contributed by atoms with Gasteiger partial charge in [0.15, 0.2) is 0 Å². The number of pyridine rings is 2. The maximum atomic E-state index is 11.7. The fourth-order valence-corrected chi connectivity index (χ4v) is 3.81. The number of carbonyl (C=O) groups is 1. The predicted octanol–water partition coefficient (Wildman–Crippen LogP) is 4.60. The van der Waals surface area contributed by atoms with E-state index < -0.39 is 0 Å². The molecule has 7 nitrogen and oxygen atoms in total. The molecule has 0 aliphatic rings. The van der Waals surface area contributed by atoms with E-state index in [1.807, 2.05) is 42.9 Å². The van der Waals surface area contributed by atoms with E-state index in [4.69, 9.17) is 21.3 Å². The molecule has 1 aromatic carbocycles. The minimum Gasteiger partial charge on any atom is -0.486 e. The quantitative estimate of drug-likeness (QED) is 0.446. The summed E-state index contributed by atoms with van der Waals surface area (Å²) >= 11 is 6.44. The number of nitrogens with one attached hydrogen (secondary N) is 1. The van der Waals surface area contributed by atoms with Gasteiger partial charge in [0, 0.05) is 48.1 Å². The molecule has 0 spiro atoms. The Balaban J connectivity index is 1.68. The highest BCUT2D eigenvalue weighted by Gasteiger charge is 2.15. The smallest absolute Gasteiger partial charge is 0.220 e. The topological polar surface area (TPSA) is 81.9 Å². The summed E-state index contributed by atoms with van der Waals surface area (Å²) in [6.07, 6.45) is 3.81. The molecule has 1 amide bonds. The monoisotopic (exact) mass is 449 g/mol. The van der Waals surface area contributed by atoms with Gasteiger partial charge >= 0.3 is 0 Å². The van der Waals surface area contributed by atoms with Crippen molar-refractivity contribution in [2.45, 2.75) is 33.4 Å². The van der Waals surface area contributed by atoms with Crippen LogP contribution in [0.4, 0.5) is 0 Å². The molecule has 3 heterocycles. The van der Waals surface area contributed by atoms with E-state index in [1.165, 1.54) is 0 Å². The van der Waals surface area contributed by atoms with Crippen molar-refractivity contribution in [3.05, 3.63) is 70.8 Å². The third kappa shape index (κ3) is 4.43. The van der Waals surface area contributed by atoms with Crippen LogP contribution in [0.3, 0.4) is 0 Å². The average molecular weight is 450 g/mol. The summed E-state index contributed by atoms with van der Waals surface area (Å²) in [5, 5.41) is 8.66. The van der Waals surface area contributed by atoms with Crippen LogP contribution in [0.2, 0.25) is 5.02 Å². The number of nitrogens with zero attached hydrogens (tertiary/aromatic N) is 4. The first kappa shape index (κ1) is 21.8. The SMILES string of the molecule is CCC(=O)NCc1nccc(Cl)c1COc1cccc2c(-c3ccnn3C)cc(C)nc12. The van der Waals surface area contributed by atoms with Crippen molar-refractivity contribution in [3.8, 4) is 17.0 Å². The Labute approximate surface area is 191 Å². The molecule has 1 N–H and O–H groups in total. The number of hydrogen-bond donors (Lipinski definition) is 1. The number of amides is 1. The molecule has 0 saturated heterocycles. The van der Waals surface area contributed by atoms with Gasteiger partial charge in [0.25, 0.3) is 0 Å². The second-order valence-electron chi connectivity index (χ2n) is 7.44. The maximum absolute atomic E-state index is 11.7. The molecule has 0 aliphatic heterocycles. The van der Waals surface area contributed by atoms with Gasteiger partial charge in [-0.3, -0.25) is 14.5 Å². The van der Waals surface area contributed by atoms with Crippen molar-refractivity contribution in [1.82, 2.24) is 25.1 Å². The zero-order valence-corrected chi connectivity index (χ0v) is 19.0. The summed E-state index contributed by atoms with van der Waals surface area (Å²) in [6.45, 7) is 4.27. The number of carbonyl (C=O) groups excluding carboxylic acids is 1. The molecule has 0 radical (unpaired) electrons. The van der Waals surface area contributed by atoms with E-state index >= 15 is 0 Å². The molecule has 0 bridgehead atoms. The lowest BCUT2D eigenvalue weighted by Gasteiger charge is -2.15. The van der Waals surface area contributed by atoms with Crippen LogP contribution in [-0.2, 0) is 25.0 Å². The zero-order chi connectivity index (χ0) is 22.7. The van der Waals surface area contributed by atoms with Crippen LogP contribution in [0.15, 0.2) is 48.8 Å². The van der Waals surface area contributed by atoms with Crippen molar-refractivity contribution in [3.63, 3.8) is 0 Å². The van der Waals surface area contributed by atoms with Gasteiger partial charge in [-0.25, -0.2) is 4.98 Å². The summed E-state index contributed by atoms with van der Waals surface area (Å²) in [6, 6.07) is 11.6. The number of aromatic nitrogens is 4. The maximum Gasteiger partial charge on any atom is 0.220 e. The van der Waals surface area contributed by atoms with Crippen LogP contribution in [-0.4, -0.2) is 25.7 Å². The Bertz CT molecular complexity index is 1280. The zero-order valence-electron chi connectivity index (χ0n) is 18.2. The molecule has 3 aromatic heterocycles. The third-order valence-electron chi connectivity index (χ3n) is 5.26. The van der Waals surface area contributed by atoms with E-state index in [0.29, 0.717) is 29.4 Å². The Hall–Kier alpha value is -3.45. The van der Waals surface area contributed by atoms with E-state index in [9.17, 15) is 4.79 Å². The van der Waals surface area contributed by atoms with E-state index in [0.717, 1.165) is 33.4 Å². The molecule has 164 valence electrons. The predicted molar refractivity (Wildman–Crippen MR) is 124 cm³/mol. The average Bonchev–Trinajstić information content (AvgIpc) is 3.22. The van der Waals surface area contributed by atoms with Crippen molar-refractivity contribution in [2.75, 3.05) is 0 Å². The summed E-state index contributed by atoms with van der Waals surface area (Å²) in [4.78, 5) is 20.8. The lowest BCUT2D eigenvalue weighted by Crippen LogP contribution is -2.23. The van der Waals surface area contributed by atoms with Crippen molar-refractivity contribution < 1.29 is 9.53 Å². The Morgan fingerprint density at radius 1 is 1.22 bits per heavy atom. The fraction of sp³-hybridized carbons (Fsp3) is 0.250. The van der Waals surface area contributed by atoms with E-state index in [-0.39, 0.29) is 12.5 Å². The number of rotatable bonds is 7. The molecule has 0 saturated carbocycles. The number of para-hydroxylation sites is 1. The number of hydrogen-bond acceptors (Lipinski definition) is 5. The van der Waals surface area contributed by atoms with Gasteiger partial charge in [0.1, 0.15) is 17.9 Å². The molecule has 4 rings (SSSR count). The van der Waals surface area contributed by atoms with Crippen LogP contribution in [0.5, 0.6) is 5.75 Å². The van der Waals surface area contributed by atoms with Crippen LogP contribution in [0.1, 0.15) is 30.3 Å². The number of benzene rings is 1. The lowest BCUT2D eigenvalue weighted by atomic mass is 10.0. The Kier molecular flexibility index (Phi) is 6.37. The summed E-state index contributed by atoms with van der Waals surface area (Å²) in [5.41, 5.74) is 5.11. The van der Waals surface area contributed by atoms with Gasteiger partial charge in [-0.15, -0.1) is 0 Å². The van der Waals surface area contributed by atoms with Crippen LogP contribution < -0.4 is 10.1 Å². The molecule has 4 aromatic rings.